The van der Waals surface area contributed by atoms with E-state index in [4.69, 9.17) is 18.9 Å². The van der Waals surface area contributed by atoms with E-state index in [-0.39, 0.29) is 31.0 Å². The van der Waals surface area contributed by atoms with Gasteiger partial charge in [-0.15, -0.1) is 6.58 Å². The van der Waals surface area contributed by atoms with Crippen molar-refractivity contribution < 1.29 is 23.7 Å². The van der Waals surface area contributed by atoms with Gasteiger partial charge in [0, 0.05) is 0 Å². The van der Waals surface area contributed by atoms with E-state index in [1.165, 1.54) is 0 Å². The van der Waals surface area contributed by atoms with E-state index < -0.39 is 11.9 Å². The number of nitrogens with one attached hydrogen (secondary N) is 1. The summed E-state index contributed by atoms with van der Waals surface area (Å²) < 4.78 is 23.0. The zero-order valence-corrected chi connectivity index (χ0v) is 14.6. The maximum Gasteiger partial charge on any atom is 0.407 e. The molecule has 6 nitrogen and oxygen atoms in total. The van der Waals surface area contributed by atoms with Gasteiger partial charge >= 0.3 is 6.09 Å². The normalized spacial score (nSPS) is 29.8. The monoisotopic (exact) mass is 347 g/mol. The molecule has 2 fully saturated rings. The van der Waals surface area contributed by atoms with Crippen LogP contribution < -0.4 is 5.32 Å². The second kappa shape index (κ2) is 7.56. The second-order valence-electron chi connectivity index (χ2n) is 6.77. The Bertz CT molecular complexity index is 603. The molecule has 3 rings (SSSR count). The number of benzene rings is 1. The molecule has 0 spiro atoms. The maximum atomic E-state index is 12.2. The molecule has 6 heteroatoms. The van der Waals surface area contributed by atoms with Gasteiger partial charge in [-0.05, 0) is 25.8 Å². The molecule has 1 saturated carbocycles. The highest BCUT2D eigenvalue weighted by Gasteiger charge is 2.55. The van der Waals surface area contributed by atoms with Crippen LogP contribution in [0.1, 0.15) is 25.8 Å². The summed E-state index contributed by atoms with van der Waals surface area (Å²) in [5.41, 5.74) is 0.940. The number of hydrogen-bond acceptors (Lipinski definition) is 5. The lowest BCUT2D eigenvalue weighted by Crippen LogP contribution is -2.43. The predicted molar refractivity (Wildman–Crippen MR) is 91.9 cm³/mol. The van der Waals surface area contributed by atoms with E-state index in [2.05, 4.69) is 11.9 Å². The minimum Gasteiger partial charge on any atom is -0.445 e. The van der Waals surface area contributed by atoms with Crippen molar-refractivity contribution in [2.24, 2.45) is 0 Å². The number of carbonyl (C=O) groups is 1. The Morgan fingerprint density at radius 1 is 1.32 bits per heavy atom. The molecular formula is C19H25NO5. The number of carbonyl (C=O) groups excluding carboxylic acids is 1. The Hall–Kier alpha value is -1.89. The number of fused-ring (bicyclic) bond motifs is 1. The summed E-state index contributed by atoms with van der Waals surface area (Å²) in [5.74, 6) is -0.695. The molecule has 0 aromatic heterocycles. The van der Waals surface area contributed by atoms with Crippen molar-refractivity contribution >= 4 is 6.09 Å². The first kappa shape index (κ1) is 17.9. The van der Waals surface area contributed by atoms with E-state index in [0.29, 0.717) is 13.0 Å². The van der Waals surface area contributed by atoms with Gasteiger partial charge in [-0.1, -0.05) is 36.4 Å². The molecule has 4 atom stereocenters. The highest BCUT2D eigenvalue weighted by atomic mass is 16.8. The van der Waals surface area contributed by atoms with Crippen LogP contribution in [0.4, 0.5) is 4.79 Å². The van der Waals surface area contributed by atoms with E-state index >= 15 is 0 Å². The quantitative estimate of drug-likeness (QED) is 0.802. The van der Waals surface area contributed by atoms with Crippen molar-refractivity contribution in [1.82, 2.24) is 5.32 Å². The van der Waals surface area contributed by atoms with Crippen LogP contribution in [0.2, 0.25) is 0 Å². The average molecular weight is 347 g/mol. The number of hydrogen-bond donors (Lipinski definition) is 1. The topological polar surface area (TPSA) is 66.0 Å². The smallest absolute Gasteiger partial charge is 0.407 e. The lowest BCUT2D eigenvalue weighted by molar-refractivity contribution is -0.167. The van der Waals surface area contributed by atoms with Crippen molar-refractivity contribution in [2.75, 3.05) is 6.61 Å². The summed E-state index contributed by atoms with van der Waals surface area (Å²) in [4.78, 5) is 12.2. The van der Waals surface area contributed by atoms with Crippen molar-refractivity contribution in [3.8, 4) is 0 Å². The van der Waals surface area contributed by atoms with Gasteiger partial charge in [0.25, 0.3) is 0 Å². The third-order valence-electron chi connectivity index (χ3n) is 4.36. The van der Waals surface area contributed by atoms with Crippen molar-refractivity contribution in [3.63, 3.8) is 0 Å². The summed E-state index contributed by atoms with van der Waals surface area (Å²) in [5, 5.41) is 2.89. The predicted octanol–water partition coefficient (Wildman–Crippen LogP) is 2.78. The lowest BCUT2D eigenvalue weighted by Gasteiger charge is -2.23. The SMILES string of the molecule is C=CCOC1CC(NC(=O)OCc2ccccc2)C2OC(C)(C)OC12. The molecular weight excluding hydrogens is 322 g/mol. The summed E-state index contributed by atoms with van der Waals surface area (Å²) >= 11 is 0. The highest BCUT2D eigenvalue weighted by Crippen LogP contribution is 2.39. The van der Waals surface area contributed by atoms with E-state index in [0.717, 1.165) is 5.56 Å². The molecule has 136 valence electrons. The third-order valence-corrected chi connectivity index (χ3v) is 4.36. The van der Waals surface area contributed by atoms with Crippen molar-refractivity contribution in [3.05, 3.63) is 48.6 Å². The third kappa shape index (κ3) is 4.39. The summed E-state index contributed by atoms with van der Waals surface area (Å²) in [6.45, 7) is 8.06. The van der Waals surface area contributed by atoms with Crippen LogP contribution in [0.3, 0.4) is 0 Å². The van der Waals surface area contributed by atoms with Gasteiger partial charge in [0.15, 0.2) is 5.79 Å². The van der Waals surface area contributed by atoms with Crippen LogP contribution in [0.15, 0.2) is 43.0 Å². The van der Waals surface area contributed by atoms with Gasteiger partial charge in [-0.3, -0.25) is 0 Å². The molecule has 1 aliphatic heterocycles. The zero-order valence-electron chi connectivity index (χ0n) is 14.6. The summed E-state index contributed by atoms with van der Waals surface area (Å²) in [6.07, 6.45) is 1.22. The average Bonchev–Trinajstić information content (AvgIpc) is 3.06. The van der Waals surface area contributed by atoms with Crippen LogP contribution in [0.5, 0.6) is 0 Å². The summed E-state index contributed by atoms with van der Waals surface area (Å²) in [6, 6.07) is 9.34. The Labute approximate surface area is 148 Å². The van der Waals surface area contributed by atoms with Gasteiger partial charge < -0.3 is 24.3 Å². The van der Waals surface area contributed by atoms with Crippen molar-refractivity contribution in [2.45, 2.75) is 57.0 Å². The van der Waals surface area contributed by atoms with E-state index in [1.54, 1.807) is 6.08 Å². The number of ether oxygens (including phenoxy) is 4. The molecule has 1 aromatic carbocycles. The minimum absolute atomic E-state index is 0.149. The van der Waals surface area contributed by atoms with Gasteiger partial charge in [0.05, 0.1) is 18.8 Å². The van der Waals surface area contributed by atoms with E-state index in [1.807, 2.05) is 44.2 Å². The number of alkyl carbamates (subject to hydrolysis) is 1. The Morgan fingerprint density at radius 3 is 2.76 bits per heavy atom. The zero-order chi connectivity index (χ0) is 17.9. The van der Waals surface area contributed by atoms with Gasteiger partial charge in [-0.25, -0.2) is 4.79 Å². The first-order valence-corrected chi connectivity index (χ1v) is 8.54. The van der Waals surface area contributed by atoms with Gasteiger partial charge in [0.2, 0.25) is 0 Å². The van der Waals surface area contributed by atoms with Crippen LogP contribution in [-0.2, 0) is 25.6 Å². The fourth-order valence-electron chi connectivity index (χ4n) is 3.35. The van der Waals surface area contributed by atoms with E-state index in [9.17, 15) is 4.79 Å². The molecule has 0 radical (unpaired) electrons. The molecule has 0 bridgehead atoms. The Morgan fingerprint density at radius 2 is 2.04 bits per heavy atom. The van der Waals surface area contributed by atoms with Crippen LogP contribution >= 0.6 is 0 Å². The Kier molecular flexibility index (Phi) is 5.42. The minimum atomic E-state index is -0.695. The Balaban J connectivity index is 1.57. The van der Waals surface area contributed by atoms with Gasteiger partial charge in [-0.2, -0.15) is 0 Å². The molecule has 25 heavy (non-hydrogen) atoms. The number of rotatable bonds is 6. The fraction of sp³-hybridized carbons (Fsp3) is 0.526. The number of amides is 1. The molecule has 1 amide bonds. The van der Waals surface area contributed by atoms with Crippen LogP contribution in [-0.4, -0.2) is 42.8 Å². The van der Waals surface area contributed by atoms with Gasteiger partial charge in [0.1, 0.15) is 18.8 Å². The second-order valence-corrected chi connectivity index (χ2v) is 6.77. The van der Waals surface area contributed by atoms with Crippen LogP contribution in [0, 0.1) is 0 Å². The molecule has 1 N–H and O–H groups in total. The standard InChI is InChI=1S/C19H25NO5/c1-4-10-22-15-11-14(16-17(15)25-19(2,3)24-16)20-18(21)23-12-13-8-6-5-7-9-13/h4-9,14-17H,1,10-12H2,2-3H3,(H,20,21). The molecule has 1 heterocycles. The summed E-state index contributed by atoms with van der Waals surface area (Å²) in [7, 11) is 0. The first-order valence-electron chi connectivity index (χ1n) is 8.54. The molecule has 1 aliphatic carbocycles. The van der Waals surface area contributed by atoms with Crippen LogP contribution in [0.25, 0.3) is 0 Å². The molecule has 1 saturated heterocycles. The molecule has 2 aliphatic rings. The lowest BCUT2D eigenvalue weighted by atomic mass is 10.2. The first-order chi connectivity index (χ1) is 12.0. The largest absolute Gasteiger partial charge is 0.445 e. The maximum absolute atomic E-state index is 12.2. The van der Waals surface area contributed by atoms with Crippen molar-refractivity contribution in [1.29, 1.82) is 0 Å². The molecule has 1 aromatic rings. The highest BCUT2D eigenvalue weighted by molar-refractivity contribution is 5.67. The fourth-order valence-corrected chi connectivity index (χ4v) is 3.35. The molecule has 4 unspecified atom stereocenters.